The third-order valence-corrected chi connectivity index (χ3v) is 3.47. The Kier molecular flexibility index (Phi) is 6.49. The average Bonchev–Trinajstić information content (AvgIpc) is 2.50. The van der Waals surface area contributed by atoms with Gasteiger partial charge in [-0.1, -0.05) is 20.8 Å². The molecular formula is C16H24O5. The number of carboxylic acid groups (broad SMARTS) is 1. The fraction of sp³-hybridized carbons (Fsp3) is 0.562. The molecule has 118 valence electrons. The highest BCUT2D eigenvalue weighted by molar-refractivity contribution is 5.91. The number of benzene rings is 1. The highest BCUT2D eigenvalue weighted by Gasteiger charge is 2.24. The highest BCUT2D eigenvalue weighted by atomic mass is 16.5. The van der Waals surface area contributed by atoms with Crippen LogP contribution in [0.25, 0.3) is 0 Å². The van der Waals surface area contributed by atoms with E-state index in [2.05, 4.69) is 0 Å². The fourth-order valence-corrected chi connectivity index (χ4v) is 1.77. The van der Waals surface area contributed by atoms with Gasteiger partial charge in [-0.25, -0.2) is 4.79 Å². The number of rotatable bonds is 9. The van der Waals surface area contributed by atoms with Crippen LogP contribution in [-0.4, -0.2) is 35.0 Å². The summed E-state index contributed by atoms with van der Waals surface area (Å²) < 4.78 is 11.0. The van der Waals surface area contributed by atoms with E-state index in [0.717, 1.165) is 6.42 Å². The Hall–Kier alpha value is -1.75. The third-order valence-electron chi connectivity index (χ3n) is 3.47. The number of aliphatic hydroxyl groups is 1. The van der Waals surface area contributed by atoms with E-state index in [-0.39, 0.29) is 17.9 Å². The number of carbonyl (C=O) groups is 1. The van der Waals surface area contributed by atoms with Crippen LogP contribution < -0.4 is 9.47 Å². The van der Waals surface area contributed by atoms with Crippen LogP contribution in [0.4, 0.5) is 0 Å². The summed E-state index contributed by atoms with van der Waals surface area (Å²) in [4.78, 5) is 11.2. The summed E-state index contributed by atoms with van der Waals surface area (Å²) in [6.07, 6.45) is 1.94. The molecule has 5 nitrogen and oxygen atoms in total. The lowest BCUT2D eigenvalue weighted by molar-refractivity contribution is -0.0118. The monoisotopic (exact) mass is 296 g/mol. The molecule has 0 aromatic heterocycles. The summed E-state index contributed by atoms with van der Waals surface area (Å²) in [5.74, 6) is -0.284. The van der Waals surface area contributed by atoms with Crippen LogP contribution in [0.15, 0.2) is 18.2 Å². The van der Waals surface area contributed by atoms with Crippen molar-refractivity contribution >= 4 is 5.97 Å². The van der Waals surface area contributed by atoms with Gasteiger partial charge in [-0.3, -0.25) is 0 Å². The van der Waals surface area contributed by atoms with Gasteiger partial charge in [0.15, 0.2) is 0 Å². The van der Waals surface area contributed by atoms with Crippen LogP contribution in [0.1, 0.15) is 50.4 Å². The zero-order chi connectivity index (χ0) is 15.9. The van der Waals surface area contributed by atoms with Crippen molar-refractivity contribution in [1.29, 1.82) is 0 Å². The minimum atomic E-state index is -1.07. The van der Waals surface area contributed by atoms with Crippen molar-refractivity contribution in [2.75, 3.05) is 13.2 Å². The van der Waals surface area contributed by atoms with Crippen LogP contribution in [0, 0.1) is 0 Å². The van der Waals surface area contributed by atoms with E-state index >= 15 is 0 Å². The number of hydrogen-bond donors (Lipinski definition) is 2. The van der Waals surface area contributed by atoms with Crippen LogP contribution in [0.3, 0.4) is 0 Å². The average molecular weight is 296 g/mol. The van der Waals surface area contributed by atoms with Crippen molar-refractivity contribution in [3.63, 3.8) is 0 Å². The lowest BCUT2D eigenvalue weighted by Crippen LogP contribution is -2.34. The lowest BCUT2D eigenvalue weighted by Gasteiger charge is -2.25. The van der Waals surface area contributed by atoms with Crippen LogP contribution in [0.2, 0.25) is 0 Å². The molecule has 0 aliphatic rings. The van der Waals surface area contributed by atoms with E-state index in [9.17, 15) is 15.0 Å². The van der Waals surface area contributed by atoms with E-state index in [1.54, 1.807) is 12.1 Å². The molecule has 0 spiro atoms. The normalized spacial score (nSPS) is 11.2. The SMILES string of the molecule is CCCOc1ccc(C(=O)O)c(OCC(O)(CC)CC)c1. The zero-order valence-electron chi connectivity index (χ0n) is 12.9. The number of hydrogen-bond acceptors (Lipinski definition) is 4. The number of aromatic carboxylic acids is 1. The second-order valence-corrected chi connectivity index (χ2v) is 5.03. The Morgan fingerprint density at radius 3 is 2.38 bits per heavy atom. The first kappa shape index (κ1) is 17.3. The summed E-state index contributed by atoms with van der Waals surface area (Å²) >= 11 is 0. The summed E-state index contributed by atoms with van der Waals surface area (Å²) in [7, 11) is 0. The van der Waals surface area contributed by atoms with Gasteiger partial charge < -0.3 is 19.7 Å². The van der Waals surface area contributed by atoms with E-state index in [1.165, 1.54) is 6.07 Å². The Labute approximate surface area is 125 Å². The highest BCUT2D eigenvalue weighted by Crippen LogP contribution is 2.27. The predicted molar refractivity (Wildman–Crippen MR) is 80.2 cm³/mol. The Morgan fingerprint density at radius 2 is 1.86 bits per heavy atom. The second kappa shape index (κ2) is 7.88. The molecule has 21 heavy (non-hydrogen) atoms. The second-order valence-electron chi connectivity index (χ2n) is 5.03. The fourth-order valence-electron chi connectivity index (χ4n) is 1.77. The van der Waals surface area contributed by atoms with Crippen molar-refractivity contribution in [3.8, 4) is 11.5 Å². The van der Waals surface area contributed by atoms with Gasteiger partial charge in [-0.05, 0) is 31.4 Å². The first-order valence-electron chi connectivity index (χ1n) is 7.31. The Bertz CT molecular complexity index is 466. The first-order chi connectivity index (χ1) is 9.95. The van der Waals surface area contributed by atoms with Gasteiger partial charge in [0.25, 0.3) is 0 Å². The lowest BCUT2D eigenvalue weighted by atomic mass is 9.99. The minimum absolute atomic E-state index is 0.0531. The molecule has 1 rings (SSSR count). The molecule has 0 unspecified atom stereocenters. The van der Waals surface area contributed by atoms with Crippen molar-refractivity contribution in [3.05, 3.63) is 23.8 Å². The largest absolute Gasteiger partial charge is 0.493 e. The van der Waals surface area contributed by atoms with E-state index < -0.39 is 11.6 Å². The predicted octanol–water partition coefficient (Wildman–Crippen LogP) is 3.10. The molecule has 0 radical (unpaired) electrons. The molecule has 1 aromatic carbocycles. The van der Waals surface area contributed by atoms with Crippen molar-refractivity contribution in [2.45, 2.75) is 45.6 Å². The van der Waals surface area contributed by atoms with Gasteiger partial charge in [0, 0.05) is 6.07 Å². The van der Waals surface area contributed by atoms with Gasteiger partial charge in [-0.15, -0.1) is 0 Å². The quantitative estimate of drug-likeness (QED) is 0.732. The van der Waals surface area contributed by atoms with Crippen LogP contribution >= 0.6 is 0 Å². The Morgan fingerprint density at radius 1 is 1.19 bits per heavy atom. The number of carboxylic acids is 1. The molecule has 5 heteroatoms. The van der Waals surface area contributed by atoms with Gasteiger partial charge >= 0.3 is 5.97 Å². The maximum Gasteiger partial charge on any atom is 0.339 e. The topological polar surface area (TPSA) is 76.0 Å². The molecular weight excluding hydrogens is 272 g/mol. The van der Waals surface area contributed by atoms with Crippen molar-refractivity contribution in [1.82, 2.24) is 0 Å². The maximum atomic E-state index is 11.2. The molecule has 0 atom stereocenters. The molecule has 0 aliphatic carbocycles. The van der Waals surface area contributed by atoms with Crippen molar-refractivity contribution < 1.29 is 24.5 Å². The zero-order valence-corrected chi connectivity index (χ0v) is 12.9. The van der Waals surface area contributed by atoms with Crippen LogP contribution in [-0.2, 0) is 0 Å². The molecule has 0 fully saturated rings. The standard InChI is InChI=1S/C16H24O5/c1-4-9-20-12-7-8-13(15(17)18)14(10-12)21-11-16(19,5-2)6-3/h7-8,10,19H,4-6,9,11H2,1-3H3,(H,17,18). The minimum Gasteiger partial charge on any atom is -0.493 e. The smallest absolute Gasteiger partial charge is 0.339 e. The number of ether oxygens (including phenoxy) is 2. The maximum absolute atomic E-state index is 11.2. The van der Waals surface area contributed by atoms with Gasteiger partial charge in [0.05, 0.1) is 12.2 Å². The van der Waals surface area contributed by atoms with E-state index in [4.69, 9.17) is 9.47 Å². The molecule has 0 saturated carbocycles. The summed E-state index contributed by atoms with van der Waals surface area (Å²) in [5.41, 5.74) is -0.885. The molecule has 0 saturated heterocycles. The van der Waals surface area contributed by atoms with E-state index in [1.807, 2.05) is 20.8 Å². The summed E-state index contributed by atoms with van der Waals surface area (Å²) in [6, 6.07) is 4.63. The first-order valence-corrected chi connectivity index (χ1v) is 7.31. The van der Waals surface area contributed by atoms with Gasteiger partial charge in [-0.2, -0.15) is 0 Å². The van der Waals surface area contributed by atoms with E-state index in [0.29, 0.717) is 25.2 Å². The molecule has 1 aromatic rings. The molecule has 2 N–H and O–H groups in total. The summed E-state index contributed by atoms with van der Waals surface area (Å²) in [5, 5.41) is 19.4. The van der Waals surface area contributed by atoms with Crippen molar-refractivity contribution in [2.24, 2.45) is 0 Å². The molecule has 0 aliphatic heterocycles. The Balaban J connectivity index is 2.93. The third kappa shape index (κ3) is 4.93. The molecule has 0 bridgehead atoms. The molecule has 0 amide bonds. The molecule has 0 heterocycles. The van der Waals surface area contributed by atoms with Gasteiger partial charge in [0.1, 0.15) is 23.7 Å². The van der Waals surface area contributed by atoms with Crippen LogP contribution in [0.5, 0.6) is 11.5 Å². The van der Waals surface area contributed by atoms with Gasteiger partial charge in [0.2, 0.25) is 0 Å². The summed E-state index contributed by atoms with van der Waals surface area (Å²) in [6.45, 7) is 6.33.